The summed E-state index contributed by atoms with van der Waals surface area (Å²) in [5, 5.41) is 2.95. The van der Waals surface area contributed by atoms with E-state index in [1.165, 1.54) is 12.4 Å². The molecule has 0 radical (unpaired) electrons. The Hall–Kier alpha value is -1.98. The van der Waals surface area contributed by atoms with E-state index >= 15 is 0 Å². The summed E-state index contributed by atoms with van der Waals surface area (Å²) in [7, 11) is 1.89. The van der Waals surface area contributed by atoms with E-state index in [1.807, 2.05) is 17.8 Å². The molecule has 0 aromatic carbocycles. The molecule has 0 aliphatic rings. The van der Waals surface area contributed by atoms with Gasteiger partial charge in [0.1, 0.15) is 18.0 Å². The van der Waals surface area contributed by atoms with E-state index in [0.29, 0.717) is 12.4 Å². The molecular weight excluding hydrogens is 197 g/mol. The second kappa shape index (κ2) is 4.04. The van der Waals surface area contributed by atoms with Crippen molar-refractivity contribution in [2.45, 2.75) is 6.54 Å². The van der Waals surface area contributed by atoms with Gasteiger partial charge in [-0.05, 0) is 0 Å². The fraction of sp³-hybridized carbons (Fsp3) is 0.222. The SMILES string of the molecule is Cn1ccnc1CNc1cc(F)ncn1. The lowest BCUT2D eigenvalue weighted by Gasteiger charge is -2.04. The zero-order valence-electron chi connectivity index (χ0n) is 8.18. The van der Waals surface area contributed by atoms with Gasteiger partial charge in [0.15, 0.2) is 0 Å². The minimum atomic E-state index is -0.549. The third-order valence-corrected chi connectivity index (χ3v) is 1.98. The second-order valence-electron chi connectivity index (χ2n) is 3.03. The van der Waals surface area contributed by atoms with E-state index in [9.17, 15) is 4.39 Å². The second-order valence-corrected chi connectivity index (χ2v) is 3.03. The van der Waals surface area contributed by atoms with Crippen LogP contribution >= 0.6 is 0 Å². The highest BCUT2D eigenvalue weighted by Crippen LogP contribution is 2.04. The van der Waals surface area contributed by atoms with E-state index < -0.39 is 5.95 Å². The first kappa shape index (κ1) is 9.57. The molecule has 0 atom stereocenters. The van der Waals surface area contributed by atoms with Crippen LogP contribution in [-0.4, -0.2) is 19.5 Å². The first-order chi connectivity index (χ1) is 7.25. The summed E-state index contributed by atoms with van der Waals surface area (Å²) in [6.45, 7) is 0.500. The van der Waals surface area contributed by atoms with Crippen molar-refractivity contribution in [1.29, 1.82) is 0 Å². The van der Waals surface area contributed by atoms with Crippen LogP contribution in [-0.2, 0) is 13.6 Å². The van der Waals surface area contributed by atoms with Crippen LogP contribution in [0, 0.1) is 5.95 Å². The van der Waals surface area contributed by atoms with Crippen LogP contribution < -0.4 is 5.32 Å². The summed E-state index contributed by atoms with van der Waals surface area (Å²) in [5.41, 5.74) is 0. The maximum atomic E-state index is 12.7. The lowest BCUT2D eigenvalue weighted by Crippen LogP contribution is -2.07. The molecule has 0 aliphatic heterocycles. The van der Waals surface area contributed by atoms with Gasteiger partial charge in [-0.15, -0.1) is 0 Å². The van der Waals surface area contributed by atoms with Gasteiger partial charge in [0.25, 0.3) is 0 Å². The monoisotopic (exact) mass is 207 g/mol. The number of halogens is 1. The highest BCUT2D eigenvalue weighted by molar-refractivity contribution is 5.32. The molecular formula is C9H10FN5. The molecule has 2 aromatic heterocycles. The summed E-state index contributed by atoms with van der Waals surface area (Å²) >= 11 is 0. The number of nitrogens with one attached hydrogen (secondary N) is 1. The van der Waals surface area contributed by atoms with Crippen molar-refractivity contribution >= 4 is 5.82 Å². The molecule has 6 heteroatoms. The van der Waals surface area contributed by atoms with Gasteiger partial charge in [0.05, 0.1) is 6.54 Å². The van der Waals surface area contributed by atoms with Crippen LogP contribution in [0.5, 0.6) is 0 Å². The predicted octanol–water partition coefficient (Wildman–Crippen LogP) is 0.961. The molecule has 2 heterocycles. The first-order valence-corrected chi connectivity index (χ1v) is 4.43. The Kier molecular flexibility index (Phi) is 2.57. The number of hydrogen-bond donors (Lipinski definition) is 1. The average molecular weight is 207 g/mol. The maximum absolute atomic E-state index is 12.7. The normalized spacial score (nSPS) is 10.3. The van der Waals surface area contributed by atoms with E-state index in [1.54, 1.807) is 6.20 Å². The minimum Gasteiger partial charge on any atom is -0.363 e. The van der Waals surface area contributed by atoms with Gasteiger partial charge in [0.2, 0.25) is 5.95 Å². The predicted molar refractivity (Wildman–Crippen MR) is 52.5 cm³/mol. The zero-order chi connectivity index (χ0) is 10.7. The molecule has 0 bridgehead atoms. The van der Waals surface area contributed by atoms with Crippen molar-refractivity contribution in [3.8, 4) is 0 Å². The zero-order valence-corrected chi connectivity index (χ0v) is 8.18. The molecule has 78 valence electrons. The number of nitrogens with zero attached hydrogens (tertiary/aromatic N) is 4. The van der Waals surface area contributed by atoms with E-state index in [4.69, 9.17) is 0 Å². The molecule has 5 nitrogen and oxygen atoms in total. The van der Waals surface area contributed by atoms with Crippen LogP contribution in [0.25, 0.3) is 0 Å². The van der Waals surface area contributed by atoms with Gasteiger partial charge in [-0.25, -0.2) is 15.0 Å². The van der Waals surface area contributed by atoms with Crippen LogP contribution in [0.4, 0.5) is 10.2 Å². The smallest absolute Gasteiger partial charge is 0.217 e. The van der Waals surface area contributed by atoms with Gasteiger partial charge >= 0.3 is 0 Å². The molecule has 0 amide bonds. The van der Waals surface area contributed by atoms with Crippen molar-refractivity contribution in [2.75, 3.05) is 5.32 Å². The van der Waals surface area contributed by atoms with Gasteiger partial charge in [-0.2, -0.15) is 4.39 Å². The quantitative estimate of drug-likeness (QED) is 0.762. The minimum absolute atomic E-state index is 0.450. The van der Waals surface area contributed by atoms with Crippen LogP contribution in [0.15, 0.2) is 24.8 Å². The number of anilines is 1. The van der Waals surface area contributed by atoms with Gasteiger partial charge in [0, 0.05) is 25.5 Å². The van der Waals surface area contributed by atoms with E-state index in [0.717, 1.165) is 5.82 Å². The van der Waals surface area contributed by atoms with Gasteiger partial charge in [-0.1, -0.05) is 0 Å². The summed E-state index contributed by atoms with van der Waals surface area (Å²) in [6, 6.07) is 1.24. The Morgan fingerprint density at radius 3 is 2.93 bits per heavy atom. The van der Waals surface area contributed by atoms with Crippen LogP contribution in [0.1, 0.15) is 5.82 Å². The van der Waals surface area contributed by atoms with Gasteiger partial charge < -0.3 is 9.88 Å². The number of rotatable bonds is 3. The summed E-state index contributed by atoms with van der Waals surface area (Å²) in [5.74, 6) is 0.756. The third-order valence-electron chi connectivity index (χ3n) is 1.98. The molecule has 0 saturated carbocycles. The standard InChI is InChI=1S/C9H10FN5/c1-15-3-2-11-9(15)5-12-8-4-7(10)13-6-14-8/h2-4,6H,5H2,1H3,(H,12,13,14). The van der Waals surface area contributed by atoms with Crippen molar-refractivity contribution in [1.82, 2.24) is 19.5 Å². The molecule has 0 fully saturated rings. The molecule has 0 saturated heterocycles. The Morgan fingerprint density at radius 1 is 1.40 bits per heavy atom. The highest BCUT2D eigenvalue weighted by Gasteiger charge is 2.00. The number of aromatic nitrogens is 4. The van der Waals surface area contributed by atoms with Crippen LogP contribution in [0.3, 0.4) is 0 Å². The molecule has 0 aliphatic carbocycles. The van der Waals surface area contributed by atoms with Crippen molar-refractivity contribution in [3.05, 3.63) is 36.6 Å². The molecule has 0 unspecified atom stereocenters. The lowest BCUT2D eigenvalue weighted by molar-refractivity contribution is 0.580. The lowest BCUT2D eigenvalue weighted by atomic mass is 10.5. The first-order valence-electron chi connectivity index (χ1n) is 4.43. The topological polar surface area (TPSA) is 55.6 Å². The molecule has 2 aromatic rings. The molecule has 2 rings (SSSR count). The Morgan fingerprint density at radius 2 is 2.27 bits per heavy atom. The average Bonchev–Trinajstić information content (AvgIpc) is 2.61. The number of aryl methyl sites for hydroxylation is 1. The fourth-order valence-corrected chi connectivity index (χ4v) is 1.17. The van der Waals surface area contributed by atoms with Crippen molar-refractivity contribution in [3.63, 3.8) is 0 Å². The summed E-state index contributed by atoms with van der Waals surface area (Å²) in [4.78, 5) is 11.3. The summed E-state index contributed by atoms with van der Waals surface area (Å²) < 4.78 is 14.6. The highest BCUT2D eigenvalue weighted by atomic mass is 19.1. The van der Waals surface area contributed by atoms with Crippen molar-refractivity contribution < 1.29 is 4.39 Å². The largest absolute Gasteiger partial charge is 0.363 e. The Balaban J connectivity index is 2.02. The third kappa shape index (κ3) is 2.28. The summed E-state index contributed by atoms with van der Waals surface area (Å²) in [6.07, 6.45) is 4.73. The van der Waals surface area contributed by atoms with Gasteiger partial charge in [-0.3, -0.25) is 0 Å². The Labute approximate surface area is 86.0 Å². The van der Waals surface area contributed by atoms with E-state index in [-0.39, 0.29) is 0 Å². The molecule has 0 spiro atoms. The van der Waals surface area contributed by atoms with Crippen molar-refractivity contribution in [2.24, 2.45) is 7.05 Å². The Bertz CT molecular complexity index is 453. The maximum Gasteiger partial charge on any atom is 0.217 e. The molecule has 15 heavy (non-hydrogen) atoms. The number of imidazole rings is 1. The molecule has 1 N–H and O–H groups in total. The number of hydrogen-bond acceptors (Lipinski definition) is 4. The van der Waals surface area contributed by atoms with E-state index in [2.05, 4.69) is 20.3 Å². The van der Waals surface area contributed by atoms with Crippen LogP contribution in [0.2, 0.25) is 0 Å². The fourth-order valence-electron chi connectivity index (χ4n) is 1.17.